The van der Waals surface area contributed by atoms with Crippen LogP contribution >= 0.6 is 11.6 Å². The van der Waals surface area contributed by atoms with Gasteiger partial charge in [0.05, 0.1) is 16.8 Å². The molecule has 0 fully saturated rings. The van der Waals surface area contributed by atoms with Crippen molar-refractivity contribution < 1.29 is 17.6 Å². The van der Waals surface area contributed by atoms with Crippen LogP contribution in [-0.4, -0.2) is 14.3 Å². The summed E-state index contributed by atoms with van der Waals surface area (Å²) < 4.78 is 32.4. The van der Waals surface area contributed by atoms with Crippen molar-refractivity contribution in [1.82, 2.24) is 0 Å². The van der Waals surface area contributed by atoms with Gasteiger partial charge in [-0.1, -0.05) is 17.7 Å². The molecule has 2 N–H and O–H groups in total. The molecular formula is C18H15ClN2O4S. The number of sulfonamides is 1. The van der Waals surface area contributed by atoms with Crippen molar-refractivity contribution in [2.75, 3.05) is 10.0 Å². The van der Waals surface area contributed by atoms with Gasteiger partial charge in [-0.05, 0) is 61.0 Å². The van der Waals surface area contributed by atoms with Gasteiger partial charge in [-0.15, -0.1) is 0 Å². The Kier molecular flexibility index (Phi) is 5.01. The fourth-order valence-electron chi connectivity index (χ4n) is 2.19. The molecule has 3 rings (SSSR count). The smallest absolute Gasteiger partial charge is 0.291 e. The monoisotopic (exact) mass is 390 g/mol. The van der Waals surface area contributed by atoms with Crippen molar-refractivity contribution >= 4 is 38.9 Å². The molecule has 1 aromatic heterocycles. The van der Waals surface area contributed by atoms with E-state index < -0.39 is 15.9 Å². The Morgan fingerprint density at radius 3 is 2.35 bits per heavy atom. The second kappa shape index (κ2) is 7.23. The Morgan fingerprint density at radius 1 is 1.04 bits per heavy atom. The van der Waals surface area contributed by atoms with Crippen molar-refractivity contribution in [1.29, 1.82) is 0 Å². The summed E-state index contributed by atoms with van der Waals surface area (Å²) in [5, 5.41) is 3.09. The lowest BCUT2D eigenvalue weighted by Gasteiger charge is -2.10. The third-order valence-corrected chi connectivity index (χ3v) is 5.40. The van der Waals surface area contributed by atoms with Crippen LogP contribution in [0.1, 0.15) is 16.1 Å². The maximum atomic E-state index is 12.5. The van der Waals surface area contributed by atoms with Crippen LogP contribution in [0.15, 0.2) is 70.2 Å². The van der Waals surface area contributed by atoms with E-state index in [1.807, 2.05) is 6.92 Å². The van der Waals surface area contributed by atoms with E-state index in [-0.39, 0.29) is 10.7 Å². The van der Waals surface area contributed by atoms with Crippen LogP contribution in [0, 0.1) is 6.92 Å². The zero-order valence-corrected chi connectivity index (χ0v) is 15.3. The van der Waals surface area contributed by atoms with Crippen LogP contribution in [0.3, 0.4) is 0 Å². The van der Waals surface area contributed by atoms with Gasteiger partial charge < -0.3 is 9.73 Å². The number of hydrogen-bond donors (Lipinski definition) is 2. The molecule has 0 aliphatic rings. The summed E-state index contributed by atoms with van der Waals surface area (Å²) in [6.45, 7) is 1.83. The quantitative estimate of drug-likeness (QED) is 0.680. The molecular weight excluding hydrogens is 376 g/mol. The van der Waals surface area contributed by atoms with E-state index in [0.29, 0.717) is 16.4 Å². The lowest BCUT2D eigenvalue weighted by molar-refractivity contribution is 0.0996. The van der Waals surface area contributed by atoms with Crippen LogP contribution < -0.4 is 10.0 Å². The van der Waals surface area contributed by atoms with Crippen molar-refractivity contribution in [3.63, 3.8) is 0 Å². The maximum Gasteiger partial charge on any atom is 0.291 e. The van der Waals surface area contributed by atoms with E-state index in [2.05, 4.69) is 10.0 Å². The molecule has 0 spiro atoms. The predicted octanol–water partition coefficient (Wildman–Crippen LogP) is 4.29. The molecule has 1 amide bonds. The molecule has 1 heterocycles. The van der Waals surface area contributed by atoms with E-state index in [4.69, 9.17) is 16.0 Å². The van der Waals surface area contributed by atoms with E-state index in [0.717, 1.165) is 5.56 Å². The molecule has 3 aromatic rings. The van der Waals surface area contributed by atoms with Crippen molar-refractivity contribution in [3.8, 4) is 0 Å². The molecule has 0 saturated carbocycles. The summed E-state index contributed by atoms with van der Waals surface area (Å²) in [6, 6.07) is 13.8. The first-order valence-electron chi connectivity index (χ1n) is 7.59. The number of halogens is 1. The van der Waals surface area contributed by atoms with Crippen LogP contribution in [0.5, 0.6) is 0 Å². The average molecular weight is 391 g/mol. The van der Waals surface area contributed by atoms with Crippen LogP contribution in [-0.2, 0) is 10.0 Å². The Balaban J connectivity index is 1.74. The number of anilines is 2. The molecule has 6 nitrogen and oxygen atoms in total. The average Bonchev–Trinajstić information content (AvgIpc) is 3.13. The second-order valence-electron chi connectivity index (χ2n) is 5.53. The van der Waals surface area contributed by atoms with E-state index in [1.165, 1.54) is 36.6 Å². The third-order valence-electron chi connectivity index (χ3n) is 3.59. The number of hydrogen-bond acceptors (Lipinski definition) is 4. The Labute approximate surface area is 155 Å². The Hall–Kier alpha value is -2.77. The number of furan rings is 1. The number of benzene rings is 2. The molecule has 0 bridgehead atoms. The molecule has 0 radical (unpaired) electrons. The van der Waals surface area contributed by atoms with Gasteiger partial charge in [0.25, 0.3) is 15.9 Å². The minimum atomic E-state index is -3.77. The summed E-state index contributed by atoms with van der Waals surface area (Å²) in [5.74, 6) is -0.252. The molecule has 0 unspecified atom stereocenters. The van der Waals surface area contributed by atoms with Gasteiger partial charge in [0.15, 0.2) is 5.76 Å². The van der Waals surface area contributed by atoms with Crippen LogP contribution in [0.25, 0.3) is 0 Å². The van der Waals surface area contributed by atoms with Gasteiger partial charge in [-0.25, -0.2) is 8.42 Å². The van der Waals surface area contributed by atoms with E-state index in [1.54, 1.807) is 24.3 Å². The number of rotatable bonds is 5. The highest BCUT2D eigenvalue weighted by molar-refractivity contribution is 7.92. The molecule has 134 valence electrons. The number of carbonyl (C=O) groups is 1. The Morgan fingerprint density at radius 2 is 1.73 bits per heavy atom. The topological polar surface area (TPSA) is 88.4 Å². The lowest BCUT2D eigenvalue weighted by Crippen LogP contribution is -2.14. The first-order valence-corrected chi connectivity index (χ1v) is 9.45. The van der Waals surface area contributed by atoms with Crippen LogP contribution in [0.2, 0.25) is 5.02 Å². The van der Waals surface area contributed by atoms with Crippen molar-refractivity contribution in [2.45, 2.75) is 11.8 Å². The largest absolute Gasteiger partial charge is 0.459 e. The fraction of sp³-hybridized carbons (Fsp3) is 0.0556. The molecule has 0 aliphatic carbocycles. The molecule has 0 saturated heterocycles. The maximum absolute atomic E-state index is 12.5. The highest BCUT2D eigenvalue weighted by Gasteiger charge is 2.15. The number of nitrogens with one attached hydrogen (secondary N) is 2. The molecule has 0 atom stereocenters. The van der Waals surface area contributed by atoms with E-state index >= 15 is 0 Å². The molecule has 2 aromatic carbocycles. The van der Waals surface area contributed by atoms with E-state index in [9.17, 15) is 13.2 Å². The first kappa shape index (κ1) is 18.0. The fourth-order valence-corrected chi connectivity index (χ4v) is 3.42. The summed E-state index contributed by atoms with van der Waals surface area (Å²) in [6.07, 6.45) is 1.40. The number of carbonyl (C=O) groups excluding carboxylic acids is 1. The van der Waals surface area contributed by atoms with Gasteiger partial charge in [0, 0.05) is 10.7 Å². The summed E-state index contributed by atoms with van der Waals surface area (Å²) in [4.78, 5) is 12.0. The number of aryl methyl sites for hydroxylation is 1. The lowest BCUT2D eigenvalue weighted by atomic mass is 10.2. The zero-order chi connectivity index (χ0) is 18.7. The molecule has 0 aliphatic heterocycles. The van der Waals surface area contributed by atoms with Gasteiger partial charge in [-0.2, -0.15) is 0 Å². The third kappa shape index (κ3) is 4.07. The van der Waals surface area contributed by atoms with Crippen LogP contribution in [0.4, 0.5) is 11.4 Å². The van der Waals surface area contributed by atoms with Gasteiger partial charge >= 0.3 is 0 Å². The zero-order valence-electron chi connectivity index (χ0n) is 13.7. The number of amides is 1. The summed E-state index contributed by atoms with van der Waals surface area (Å²) in [5.41, 5.74) is 1.67. The molecule has 8 heteroatoms. The predicted molar refractivity (Wildman–Crippen MR) is 100 cm³/mol. The summed E-state index contributed by atoms with van der Waals surface area (Å²) >= 11 is 6.02. The van der Waals surface area contributed by atoms with Gasteiger partial charge in [0.1, 0.15) is 0 Å². The van der Waals surface area contributed by atoms with Gasteiger partial charge in [0.2, 0.25) is 0 Å². The minimum Gasteiger partial charge on any atom is -0.459 e. The van der Waals surface area contributed by atoms with Gasteiger partial charge in [-0.3, -0.25) is 9.52 Å². The summed E-state index contributed by atoms with van der Waals surface area (Å²) in [7, 11) is -3.77. The van der Waals surface area contributed by atoms with Crippen molar-refractivity contribution in [3.05, 3.63) is 77.2 Å². The standard InChI is InChI=1S/C18H15ClN2O4S/c1-12-4-5-14(11-16(12)19)21-26(23,24)15-8-6-13(7-9-15)20-18(22)17-3-2-10-25-17/h2-11,21H,1H3,(H,20,22). The minimum absolute atomic E-state index is 0.0604. The highest BCUT2D eigenvalue weighted by atomic mass is 35.5. The normalized spacial score (nSPS) is 11.2. The highest BCUT2D eigenvalue weighted by Crippen LogP contribution is 2.23. The Bertz CT molecular complexity index is 1030. The van der Waals surface area contributed by atoms with Crippen molar-refractivity contribution in [2.24, 2.45) is 0 Å². The first-order chi connectivity index (χ1) is 12.3. The molecule has 26 heavy (non-hydrogen) atoms. The second-order valence-corrected chi connectivity index (χ2v) is 7.61. The SMILES string of the molecule is Cc1ccc(NS(=O)(=O)c2ccc(NC(=O)c3ccco3)cc2)cc1Cl.